The molecule has 0 aliphatic carbocycles. The first-order valence-electron chi connectivity index (χ1n) is 4.64. The summed E-state index contributed by atoms with van der Waals surface area (Å²) in [4.78, 5) is 24.5. The van der Waals surface area contributed by atoms with Gasteiger partial charge < -0.3 is 5.11 Å². The minimum Gasteiger partial charge on any atom is -0.494 e. The lowest BCUT2D eigenvalue weighted by Gasteiger charge is -2.17. The number of rotatable bonds is 4. The lowest BCUT2D eigenvalue weighted by atomic mass is 10.2. The van der Waals surface area contributed by atoms with Gasteiger partial charge in [-0.15, -0.1) is 0 Å². The first-order chi connectivity index (χ1) is 7.10. The van der Waals surface area contributed by atoms with Gasteiger partial charge in [0.05, 0.1) is 12.1 Å². The highest BCUT2D eigenvalue weighted by Gasteiger charge is 2.14. The Hall–Kier alpha value is -1.17. The van der Waals surface area contributed by atoms with Crippen LogP contribution >= 0.6 is 11.8 Å². The minimum atomic E-state index is -0.576. The summed E-state index contributed by atoms with van der Waals surface area (Å²) in [6, 6.07) is 0.925. The van der Waals surface area contributed by atoms with Crippen molar-refractivity contribution in [3.05, 3.63) is 26.9 Å². The van der Waals surface area contributed by atoms with E-state index in [4.69, 9.17) is 0 Å². The fraction of sp³-hybridized carbons (Fsp3) is 0.556. The van der Waals surface area contributed by atoms with Gasteiger partial charge in [0.25, 0.3) is 5.56 Å². The maximum atomic E-state index is 11.5. The zero-order valence-electron chi connectivity index (χ0n) is 8.69. The Bertz CT molecular complexity index is 438. The normalized spacial score (nSPS) is 12.7. The summed E-state index contributed by atoms with van der Waals surface area (Å²) in [5.41, 5.74) is -1.13. The van der Waals surface area contributed by atoms with E-state index in [9.17, 15) is 14.7 Å². The second-order valence-corrected chi connectivity index (χ2v) is 4.10. The van der Waals surface area contributed by atoms with Crippen LogP contribution in [0.3, 0.4) is 0 Å². The molecule has 1 rings (SSSR count). The molecule has 1 atom stereocenters. The summed E-state index contributed by atoms with van der Waals surface area (Å²) < 4.78 is 1.22. The number of aromatic hydroxyl groups is 1. The van der Waals surface area contributed by atoms with Crippen LogP contribution in [-0.4, -0.2) is 26.7 Å². The molecule has 6 heteroatoms. The van der Waals surface area contributed by atoms with Crippen molar-refractivity contribution < 1.29 is 5.11 Å². The number of nitrogens with one attached hydrogen (secondary N) is 1. The van der Waals surface area contributed by atoms with E-state index < -0.39 is 11.2 Å². The number of hydrogen-bond acceptors (Lipinski definition) is 4. The van der Waals surface area contributed by atoms with Crippen molar-refractivity contribution in [2.75, 3.05) is 12.0 Å². The first-order valence-corrected chi connectivity index (χ1v) is 6.03. The highest BCUT2D eigenvalue weighted by atomic mass is 32.2. The maximum Gasteiger partial charge on any atom is 0.331 e. The van der Waals surface area contributed by atoms with Crippen LogP contribution in [0.1, 0.15) is 19.4 Å². The van der Waals surface area contributed by atoms with Crippen molar-refractivity contribution in [1.82, 2.24) is 9.55 Å². The van der Waals surface area contributed by atoms with Crippen LogP contribution in [0.15, 0.2) is 15.7 Å². The molecule has 15 heavy (non-hydrogen) atoms. The molecule has 1 aromatic rings. The molecule has 1 aromatic heterocycles. The van der Waals surface area contributed by atoms with Gasteiger partial charge in [0.1, 0.15) is 0 Å². The van der Waals surface area contributed by atoms with Gasteiger partial charge in [-0.05, 0) is 12.7 Å². The molecule has 0 saturated heterocycles. The second kappa shape index (κ2) is 5.06. The molecular weight excluding hydrogens is 216 g/mol. The van der Waals surface area contributed by atoms with Crippen LogP contribution in [-0.2, 0) is 0 Å². The summed E-state index contributed by atoms with van der Waals surface area (Å²) in [7, 11) is 0. The van der Waals surface area contributed by atoms with Gasteiger partial charge in [-0.2, -0.15) is 11.8 Å². The van der Waals surface area contributed by atoms with Gasteiger partial charge >= 0.3 is 5.69 Å². The minimum absolute atomic E-state index is 0.0932. The quantitative estimate of drug-likeness (QED) is 0.792. The van der Waals surface area contributed by atoms with Gasteiger partial charge in [0.2, 0.25) is 5.88 Å². The third-order valence-electron chi connectivity index (χ3n) is 2.15. The highest BCUT2D eigenvalue weighted by molar-refractivity contribution is 7.98. The topological polar surface area (TPSA) is 75.1 Å². The molecule has 0 fully saturated rings. The molecule has 5 nitrogen and oxygen atoms in total. The van der Waals surface area contributed by atoms with E-state index in [-0.39, 0.29) is 11.9 Å². The Morgan fingerprint density at radius 1 is 1.60 bits per heavy atom. The summed E-state index contributed by atoms with van der Waals surface area (Å²) in [5.74, 6) is 0.445. The van der Waals surface area contributed by atoms with Gasteiger partial charge in [-0.25, -0.2) is 4.79 Å². The number of hydrogen-bond donors (Lipinski definition) is 2. The molecule has 0 radical (unpaired) electrons. The van der Waals surface area contributed by atoms with Crippen molar-refractivity contribution in [3.8, 4) is 5.88 Å². The van der Waals surface area contributed by atoms with E-state index >= 15 is 0 Å². The zero-order chi connectivity index (χ0) is 11.4. The fourth-order valence-corrected chi connectivity index (χ4v) is 2.18. The lowest BCUT2D eigenvalue weighted by molar-refractivity contribution is 0.370. The number of nitrogens with zero attached hydrogens (tertiary/aromatic N) is 1. The number of H-pyrrole nitrogens is 1. The summed E-state index contributed by atoms with van der Waals surface area (Å²) in [6.07, 6.45) is 2.65. The van der Waals surface area contributed by atoms with Gasteiger partial charge in [-0.1, -0.05) is 6.92 Å². The maximum absolute atomic E-state index is 11.5. The van der Waals surface area contributed by atoms with E-state index in [1.165, 1.54) is 4.57 Å². The summed E-state index contributed by atoms with van der Waals surface area (Å²) in [6.45, 7) is 1.93. The average Bonchev–Trinajstić information content (AvgIpc) is 2.14. The summed E-state index contributed by atoms with van der Waals surface area (Å²) in [5, 5.41) is 9.53. The molecule has 0 aliphatic rings. The molecule has 0 aliphatic heterocycles. The van der Waals surface area contributed by atoms with Crippen LogP contribution in [0.2, 0.25) is 0 Å². The molecule has 84 valence electrons. The largest absolute Gasteiger partial charge is 0.494 e. The third-order valence-corrected chi connectivity index (χ3v) is 2.87. The first kappa shape index (κ1) is 11.9. The van der Waals surface area contributed by atoms with Crippen LogP contribution in [0.4, 0.5) is 0 Å². The molecule has 0 amide bonds. The predicted molar refractivity (Wildman–Crippen MR) is 60.7 cm³/mol. The molecular formula is C9H14N2O3S. The smallest absolute Gasteiger partial charge is 0.331 e. The van der Waals surface area contributed by atoms with Crippen molar-refractivity contribution in [3.63, 3.8) is 0 Å². The van der Waals surface area contributed by atoms with Crippen LogP contribution < -0.4 is 11.2 Å². The molecule has 0 spiro atoms. The molecule has 1 heterocycles. The zero-order valence-corrected chi connectivity index (χ0v) is 9.50. The van der Waals surface area contributed by atoms with E-state index in [0.717, 1.165) is 18.2 Å². The van der Waals surface area contributed by atoms with Crippen LogP contribution in [0.25, 0.3) is 0 Å². The van der Waals surface area contributed by atoms with Crippen molar-refractivity contribution >= 4 is 11.8 Å². The number of thioether (sulfide) groups is 1. The fourth-order valence-electron chi connectivity index (χ4n) is 1.41. The van der Waals surface area contributed by atoms with Gasteiger partial charge in [0, 0.05) is 5.75 Å². The average molecular weight is 230 g/mol. The highest BCUT2D eigenvalue weighted by Crippen LogP contribution is 2.18. The molecule has 0 bridgehead atoms. The van der Waals surface area contributed by atoms with Crippen molar-refractivity contribution in [1.29, 1.82) is 0 Å². The van der Waals surface area contributed by atoms with E-state index in [1.54, 1.807) is 11.8 Å². The van der Waals surface area contributed by atoms with Crippen LogP contribution in [0, 0.1) is 0 Å². The lowest BCUT2D eigenvalue weighted by Crippen LogP contribution is -2.32. The molecule has 0 aromatic carbocycles. The second-order valence-electron chi connectivity index (χ2n) is 3.18. The Morgan fingerprint density at radius 2 is 2.27 bits per heavy atom. The third kappa shape index (κ3) is 2.65. The van der Waals surface area contributed by atoms with Gasteiger partial charge in [0.15, 0.2) is 0 Å². The Morgan fingerprint density at radius 3 is 2.73 bits per heavy atom. The molecule has 2 N–H and O–H groups in total. The number of aromatic amines is 1. The monoisotopic (exact) mass is 230 g/mol. The summed E-state index contributed by atoms with van der Waals surface area (Å²) >= 11 is 1.59. The standard InChI is InChI=1S/C9H14N2O3S/c1-3-6(5-15-2)11-8(13)4-7(12)10-9(11)14/h4,6,13H,3,5H2,1-2H3,(H,10,12,14). The Balaban J connectivity index is 3.23. The number of aromatic nitrogens is 2. The van der Waals surface area contributed by atoms with E-state index in [0.29, 0.717) is 0 Å². The SMILES string of the molecule is CCC(CSC)n1c(O)cc(=O)[nH]c1=O. The molecule has 0 saturated carbocycles. The van der Waals surface area contributed by atoms with Crippen molar-refractivity contribution in [2.45, 2.75) is 19.4 Å². The Kier molecular flexibility index (Phi) is 4.02. The van der Waals surface area contributed by atoms with Gasteiger partial charge in [-0.3, -0.25) is 14.3 Å². The van der Waals surface area contributed by atoms with Crippen LogP contribution in [0.5, 0.6) is 5.88 Å². The van der Waals surface area contributed by atoms with E-state index in [1.807, 2.05) is 13.2 Å². The van der Waals surface area contributed by atoms with Crippen molar-refractivity contribution in [2.24, 2.45) is 0 Å². The van der Waals surface area contributed by atoms with E-state index in [2.05, 4.69) is 4.98 Å². The molecule has 1 unspecified atom stereocenters. The Labute approximate surface area is 91.1 Å². The predicted octanol–water partition coefficient (Wildman–Crippen LogP) is 0.556.